The summed E-state index contributed by atoms with van der Waals surface area (Å²) in [5, 5.41) is 14.7. The highest BCUT2D eigenvalue weighted by molar-refractivity contribution is 5.54. The molecule has 22 heavy (non-hydrogen) atoms. The van der Waals surface area contributed by atoms with Crippen LogP contribution in [0.25, 0.3) is 11.4 Å². The van der Waals surface area contributed by atoms with Crippen molar-refractivity contribution < 1.29 is 14.0 Å². The van der Waals surface area contributed by atoms with Gasteiger partial charge >= 0.3 is 0 Å². The highest BCUT2D eigenvalue weighted by Crippen LogP contribution is 2.37. The average Bonchev–Trinajstić information content (AvgIpc) is 3.11. The molecular weight excluding hydrogens is 283 g/mol. The van der Waals surface area contributed by atoms with Crippen molar-refractivity contribution in [2.45, 2.75) is 18.4 Å². The van der Waals surface area contributed by atoms with E-state index in [0.29, 0.717) is 18.4 Å². The van der Waals surface area contributed by atoms with Crippen LogP contribution in [-0.2, 0) is 18.4 Å². The first-order valence-electron chi connectivity index (χ1n) is 7.03. The Balaban J connectivity index is 1.68. The zero-order chi connectivity index (χ0) is 15.2. The molecule has 0 atom stereocenters. The van der Waals surface area contributed by atoms with E-state index in [1.165, 1.54) is 12.1 Å². The molecule has 1 aromatic heterocycles. The van der Waals surface area contributed by atoms with E-state index in [4.69, 9.17) is 4.52 Å². The fourth-order valence-corrected chi connectivity index (χ4v) is 2.90. The lowest BCUT2D eigenvalue weighted by Crippen LogP contribution is -2.26. The molecule has 0 saturated carbocycles. The number of rotatable bonds is 2. The van der Waals surface area contributed by atoms with E-state index in [1.807, 2.05) is 24.3 Å². The Morgan fingerprint density at radius 2 is 1.77 bits per heavy atom. The number of hydrogen-bond donors (Lipinski definition) is 1. The van der Waals surface area contributed by atoms with Gasteiger partial charge in [0.15, 0.2) is 5.60 Å². The second-order valence-corrected chi connectivity index (χ2v) is 5.59. The summed E-state index contributed by atoms with van der Waals surface area (Å²) in [7, 11) is 0. The van der Waals surface area contributed by atoms with Gasteiger partial charge in [0.2, 0.25) is 5.82 Å². The average molecular weight is 296 g/mol. The lowest BCUT2D eigenvalue weighted by atomic mass is 10.0. The van der Waals surface area contributed by atoms with Gasteiger partial charge in [-0.3, -0.25) is 0 Å². The molecule has 1 aliphatic carbocycles. The monoisotopic (exact) mass is 296 g/mol. The standard InChI is InChI=1S/C17H13FN2O2/c18-14-7-3-6-11(8-14)15-19-16(22-20-15)17(21)9-12-4-1-2-5-13(12)10-17/h1-8,21H,9-10H2. The van der Waals surface area contributed by atoms with E-state index < -0.39 is 5.60 Å². The lowest BCUT2D eigenvalue weighted by molar-refractivity contribution is 0.0145. The van der Waals surface area contributed by atoms with Gasteiger partial charge in [-0.2, -0.15) is 4.98 Å². The maximum atomic E-state index is 13.3. The topological polar surface area (TPSA) is 59.2 Å². The molecule has 110 valence electrons. The minimum Gasteiger partial charge on any atom is -0.379 e. The maximum Gasteiger partial charge on any atom is 0.259 e. The first-order chi connectivity index (χ1) is 10.6. The largest absolute Gasteiger partial charge is 0.379 e. The number of hydrogen-bond acceptors (Lipinski definition) is 4. The molecule has 0 amide bonds. The first-order valence-corrected chi connectivity index (χ1v) is 7.03. The molecule has 0 bridgehead atoms. The molecule has 4 rings (SSSR count). The minimum absolute atomic E-state index is 0.169. The van der Waals surface area contributed by atoms with Crippen molar-refractivity contribution in [1.82, 2.24) is 10.1 Å². The second kappa shape index (κ2) is 4.74. The molecule has 0 spiro atoms. The molecule has 0 aliphatic heterocycles. The van der Waals surface area contributed by atoms with Crippen molar-refractivity contribution in [2.75, 3.05) is 0 Å². The Hall–Kier alpha value is -2.53. The summed E-state index contributed by atoms with van der Waals surface area (Å²) < 4.78 is 18.5. The number of nitrogens with zero attached hydrogens (tertiary/aromatic N) is 2. The van der Waals surface area contributed by atoms with Crippen molar-refractivity contribution in [2.24, 2.45) is 0 Å². The fraction of sp³-hybridized carbons (Fsp3) is 0.176. The van der Waals surface area contributed by atoms with Crippen molar-refractivity contribution >= 4 is 0 Å². The maximum absolute atomic E-state index is 13.3. The van der Waals surface area contributed by atoms with Crippen molar-refractivity contribution in [1.29, 1.82) is 0 Å². The number of halogens is 1. The summed E-state index contributed by atoms with van der Waals surface area (Å²) in [6, 6.07) is 13.8. The van der Waals surface area contributed by atoms with E-state index >= 15 is 0 Å². The molecule has 1 N–H and O–H groups in total. The van der Waals surface area contributed by atoms with Gasteiger partial charge in [-0.25, -0.2) is 4.39 Å². The fourth-order valence-electron chi connectivity index (χ4n) is 2.90. The lowest BCUT2D eigenvalue weighted by Gasteiger charge is -2.16. The number of aromatic nitrogens is 2. The van der Waals surface area contributed by atoms with E-state index in [0.717, 1.165) is 11.1 Å². The molecule has 1 aliphatic rings. The number of benzene rings is 2. The molecule has 0 unspecified atom stereocenters. The Labute approximate surface area is 126 Å². The van der Waals surface area contributed by atoms with Gasteiger partial charge < -0.3 is 9.63 Å². The van der Waals surface area contributed by atoms with Gasteiger partial charge in [0.1, 0.15) is 5.82 Å². The van der Waals surface area contributed by atoms with Crippen LogP contribution in [0.15, 0.2) is 53.1 Å². The van der Waals surface area contributed by atoms with Crippen LogP contribution in [-0.4, -0.2) is 15.2 Å². The van der Waals surface area contributed by atoms with Crippen LogP contribution in [0, 0.1) is 5.82 Å². The summed E-state index contributed by atoms with van der Waals surface area (Å²) >= 11 is 0. The predicted molar refractivity (Wildman–Crippen MR) is 77.4 cm³/mol. The molecule has 3 aromatic rings. The highest BCUT2D eigenvalue weighted by atomic mass is 19.1. The third-order valence-electron chi connectivity index (χ3n) is 3.99. The molecular formula is C17H13FN2O2. The third-order valence-corrected chi connectivity index (χ3v) is 3.99. The van der Waals surface area contributed by atoms with Crippen molar-refractivity contribution in [3.63, 3.8) is 0 Å². The summed E-state index contributed by atoms with van der Waals surface area (Å²) in [5.74, 6) is 0.0812. The van der Waals surface area contributed by atoms with Crippen LogP contribution >= 0.6 is 0 Å². The Kier molecular flexibility index (Phi) is 2.84. The van der Waals surface area contributed by atoms with Crippen molar-refractivity contribution in [3.8, 4) is 11.4 Å². The number of fused-ring (bicyclic) bond motifs is 1. The molecule has 0 saturated heterocycles. The zero-order valence-electron chi connectivity index (χ0n) is 11.7. The summed E-state index contributed by atoms with van der Waals surface area (Å²) in [4.78, 5) is 4.26. The summed E-state index contributed by atoms with van der Waals surface area (Å²) in [6.45, 7) is 0. The van der Waals surface area contributed by atoms with Gasteiger partial charge in [0.05, 0.1) is 0 Å². The van der Waals surface area contributed by atoms with Crippen LogP contribution in [0.1, 0.15) is 17.0 Å². The van der Waals surface area contributed by atoms with E-state index in [-0.39, 0.29) is 17.5 Å². The van der Waals surface area contributed by atoms with E-state index in [2.05, 4.69) is 10.1 Å². The molecule has 5 heteroatoms. The Bertz CT molecular complexity index is 819. The summed E-state index contributed by atoms with van der Waals surface area (Å²) in [5.41, 5.74) is 1.49. The van der Waals surface area contributed by atoms with Crippen molar-refractivity contribution in [3.05, 3.63) is 71.4 Å². The zero-order valence-corrected chi connectivity index (χ0v) is 11.7. The second-order valence-electron chi connectivity index (χ2n) is 5.59. The van der Waals surface area contributed by atoms with Crippen LogP contribution < -0.4 is 0 Å². The molecule has 4 nitrogen and oxygen atoms in total. The van der Waals surface area contributed by atoms with Gasteiger partial charge in [0.25, 0.3) is 5.89 Å². The Morgan fingerprint density at radius 3 is 2.45 bits per heavy atom. The Morgan fingerprint density at radius 1 is 1.05 bits per heavy atom. The van der Waals surface area contributed by atoms with Crippen LogP contribution in [0.2, 0.25) is 0 Å². The van der Waals surface area contributed by atoms with Gasteiger partial charge in [-0.15, -0.1) is 0 Å². The summed E-state index contributed by atoms with van der Waals surface area (Å²) in [6.07, 6.45) is 0.877. The van der Waals surface area contributed by atoms with E-state index in [9.17, 15) is 9.50 Å². The smallest absolute Gasteiger partial charge is 0.259 e. The molecule has 0 radical (unpaired) electrons. The quantitative estimate of drug-likeness (QED) is 0.790. The highest BCUT2D eigenvalue weighted by Gasteiger charge is 2.41. The molecule has 2 aromatic carbocycles. The normalized spacial score (nSPS) is 15.7. The van der Waals surface area contributed by atoms with Gasteiger partial charge in [0, 0.05) is 18.4 Å². The van der Waals surface area contributed by atoms with E-state index in [1.54, 1.807) is 12.1 Å². The van der Waals surface area contributed by atoms with Gasteiger partial charge in [-0.05, 0) is 23.3 Å². The molecule has 1 heterocycles. The SMILES string of the molecule is OC1(c2nc(-c3cccc(F)c3)no2)Cc2ccccc2C1. The van der Waals surface area contributed by atoms with Crippen LogP contribution in [0.4, 0.5) is 4.39 Å². The first kappa shape index (κ1) is 13.2. The predicted octanol–water partition coefficient (Wildman–Crippen LogP) is 2.86. The third kappa shape index (κ3) is 2.10. The minimum atomic E-state index is -1.19. The molecule has 0 fully saturated rings. The van der Waals surface area contributed by atoms with Gasteiger partial charge in [-0.1, -0.05) is 41.6 Å². The number of aliphatic hydroxyl groups is 1. The van der Waals surface area contributed by atoms with Crippen LogP contribution in [0.5, 0.6) is 0 Å². The van der Waals surface area contributed by atoms with Crippen LogP contribution in [0.3, 0.4) is 0 Å².